The highest BCUT2D eigenvalue weighted by Crippen LogP contribution is 2.45. The van der Waals surface area contributed by atoms with Gasteiger partial charge in [-0.15, -0.1) is 0 Å². The highest BCUT2D eigenvalue weighted by Gasteiger charge is 2.41. The Morgan fingerprint density at radius 3 is 1.80 bits per heavy atom. The molecule has 206 valence electrons. The molecule has 0 spiro atoms. The topological polar surface area (TPSA) is 113 Å². The summed E-state index contributed by atoms with van der Waals surface area (Å²) in [5.41, 5.74) is 4.73. The summed E-state index contributed by atoms with van der Waals surface area (Å²) in [6.07, 6.45) is -0.296. The van der Waals surface area contributed by atoms with Crippen LogP contribution in [0.3, 0.4) is 0 Å². The highest BCUT2D eigenvalue weighted by atomic mass is 16.5. The quantitative estimate of drug-likeness (QED) is 0.264. The summed E-state index contributed by atoms with van der Waals surface area (Å²) in [5.74, 6) is -1.48. The minimum Gasteiger partial charge on any atom is -0.480 e. The number of carbonyl (C=O) groups is 3. The smallest absolute Gasteiger partial charge is 0.407 e. The average Bonchev–Trinajstić information content (AvgIpc) is 3.32. The third kappa shape index (κ3) is 4.68. The third-order valence-corrected chi connectivity index (χ3v) is 8.20. The second kappa shape index (κ2) is 10.7. The summed E-state index contributed by atoms with van der Waals surface area (Å²) in [6, 6.07) is 28.6. The Labute approximate surface area is 237 Å². The Bertz CT molecular complexity index is 1570. The van der Waals surface area contributed by atoms with Crippen LogP contribution >= 0.6 is 0 Å². The van der Waals surface area contributed by atoms with Crippen molar-refractivity contribution in [3.63, 3.8) is 0 Å². The molecular formula is C34H29NO6. The van der Waals surface area contributed by atoms with E-state index in [9.17, 15) is 24.6 Å². The third-order valence-electron chi connectivity index (χ3n) is 8.20. The van der Waals surface area contributed by atoms with Gasteiger partial charge in [-0.25, -0.2) is 9.59 Å². The van der Waals surface area contributed by atoms with Crippen molar-refractivity contribution in [2.24, 2.45) is 0 Å². The van der Waals surface area contributed by atoms with E-state index in [-0.39, 0.29) is 37.6 Å². The Balaban J connectivity index is 1.12. The SMILES string of the molecule is O=C(N[C@@H](CCCC1(O)c2ccccc2C(=O)c2ccccc21)C(=O)O)OCC1c2ccccc2-c2ccccc21. The van der Waals surface area contributed by atoms with Crippen LogP contribution in [0.2, 0.25) is 0 Å². The Kier molecular flexibility index (Phi) is 6.89. The molecule has 2 aliphatic rings. The maximum absolute atomic E-state index is 13.0. The molecule has 1 amide bonds. The molecule has 0 saturated heterocycles. The number of hydrogen-bond donors (Lipinski definition) is 3. The molecule has 2 aliphatic carbocycles. The van der Waals surface area contributed by atoms with Gasteiger partial charge in [0.25, 0.3) is 0 Å². The predicted molar refractivity (Wildman–Crippen MR) is 153 cm³/mol. The first-order valence-electron chi connectivity index (χ1n) is 13.7. The molecule has 0 unspecified atom stereocenters. The molecule has 4 aromatic carbocycles. The zero-order chi connectivity index (χ0) is 28.6. The van der Waals surface area contributed by atoms with Gasteiger partial charge in [-0.3, -0.25) is 4.79 Å². The van der Waals surface area contributed by atoms with Gasteiger partial charge in [-0.2, -0.15) is 0 Å². The molecule has 0 radical (unpaired) electrons. The Hall–Kier alpha value is -4.75. The van der Waals surface area contributed by atoms with Crippen LogP contribution in [0.4, 0.5) is 4.79 Å². The first-order chi connectivity index (χ1) is 19.9. The number of carboxylic acids is 1. The van der Waals surface area contributed by atoms with Crippen molar-refractivity contribution in [1.82, 2.24) is 5.32 Å². The predicted octanol–water partition coefficient (Wildman–Crippen LogP) is 5.63. The molecule has 0 fully saturated rings. The number of alkyl carbamates (subject to hydrolysis) is 1. The number of rotatable bonds is 8. The van der Waals surface area contributed by atoms with Gasteiger partial charge in [-0.05, 0) is 52.6 Å². The van der Waals surface area contributed by atoms with Crippen LogP contribution in [0, 0.1) is 0 Å². The number of ether oxygens (including phenoxy) is 1. The van der Waals surface area contributed by atoms with Crippen LogP contribution in [0.5, 0.6) is 0 Å². The summed E-state index contributed by atoms with van der Waals surface area (Å²) in [5, 5.41) is 24.2. The summed E-state index contributed by atoms with van der Waals surface area (Å²) in [6.45, 7) is 0.0769. The van der Waals surface area contributed by atoms with E-state index in [4.69, 9.17) is 4.74 Å². The molecule has 1 atom stereocenters. The fraction of sp³-hybridized carbons (Fsp3) is 0.206. The molecule has 0 bridgehead atoms. The van der Waals surface area contributed by atoms with Crippen LogP contribution in [-0.2, 0) is 15.1 Å². The fourth-order valence-corrected chi connectivity index (χ4v) is 6.24. The van der Waals surface area contributed by atoms with Crippen molar-refractivity contribution >= 4 is 17.8 Å². The van der Waals surface area contributed by atoms with Gasteiger partial charge in [-0.1, -0.05) is 97.1 Å². The van der Waals surface area contributed by atoms with E-state index in [1.54, 1.807) is 48.5 Å². The lowest BCUT2D eigenvalue weighted by atomic mass is 9.72. The van der Waals surface area contributed by atoms with Crippen molar-refractivity contribution in [1.29, 1.82) is 0 Å². The maximum Gasteiger partial charge on any atom is 0.407 e. The monoisotopic (exact) mass is 547 g/mol. The van der Waals surface area contributed by atoms with E-state index in [0.29, 0.717) is 22.3 Å². The van der Waals surface area contributed by atoms with Crippen molar-refractivity contribution in [2.45, 2.75) is 36.8 Å². The fourth-order valence-electron chi connectivity index (χ4n) is 6.24. The molecule has 7 nitrogen and oxygen atoms in total. The van der Waals surface area contributed by atoms with E-state index in [1.807, 2.05) is 48.5 Å². The Morgan fingerprint density at radius 1 is 0.780 bits per heavy atom. The average molecular weight is 548 g/mol. The molecular weight excluding hydrogens is 518 g/mol. The van der Waals surface area contributed by atoms with Gasteiger partial charge in [0.2, 0.25) is 0 Å². The molecule has 0 saturated carbocycles. The van der Waals surface area contributed by atoms with Crippen molar-refractivity contribution in [3.8, 4) is 11.1 Å². The van der Waals surface area contributed by atoms with Crippen LogP contribution in [0.15, 0.2) is 97.1 Å². The van der Waals surface area contributed by atoms with Gasteiger partial charge >= 0.3 is 12.1 Å². The first-order valence-corrected chi connectivity index (χ1v) is 13.7. The maximum atomic E-state index is 13.0. The number of ketones is 1. The van der Waals surface area contributed by atoms with Crippen molar-refractivity contribution in [2.75, 3.05) is 6.61 Å². The number of amides is 1. The number of benzene rings is 4. The molecule has 4 aromatic rings. The normalized spacial score (nSPS) is 15.2. The number of aliphatic hydroxyl groups is 1. The van der Waals surface area contributed by atoms with Crippen LogP contribution in [0.25, 0.3) is 11.1 Å². The number of carbonyl (C=O) groups excluding carboxylic acids is 2. The van der Waals surface area contributed by atoms with Crippen LogP contribution < -0.4 is 5.32 Å². The lowest BCUT2D eigenvalue weighted by Gasteiger charge is -2.36. The zero-order valence-corrected chi connectivity index (χ0v) is 22.2. The highest BCUT2D eigenvalue weighted by molar-refractivity contribution is 6.13. The minimum atomic E-state index is -1.46. The molecule has 7 heteroatoms. The number of carboxylic acid groups (broad SMARTS) is 1. The summed E-state index contributed by atoms with van der Waals surface area (Å²) < 4.78 is 5.54. The second-order valence-electron chi connectivity index (χ2n) is 10.5. The zero-order valence-electron chi connectivity index (χ0n) is 22.2. The molecule has 6 rings (SSSR count). The largest absolute Gasteiger partial charge is 0.480 e. The molecule has 0 heterocycles. The second-order valence-corrected chi connectivity index (χ2v) is 10.5. The van der Waals surface area contributed by atoms with Crippen molar-refractivity contribution < 1.29 is 29.3 Å². The number of nitrogens with one attached hydrogen (secondary N) is 1. The van der Waals surface area contributed by atoms with Gasteiger partial charge in [0.1, 0.15) is 18.2 Å². The molecule has 0 aliphatic heterocycles. The first kappa shape index (κ1) is 26.5. The van der Waals surface area contributed by atoms with Gasteiger partial charge in [0.05, 0.1) is 0 Å². The van der Waals surface area contributed by atoms with Crippen LogP contribution in [0.1, 0.15) is 63.4 Å². The lowest BCUT2D eigenvalue weighted by Crippen LogP contribution is -2.42. The van der Waals surface area contributed by atoms with E-state index in [2.05, 4.69) is 5.32 Å². The van der Waals surface area contributed by atoms with Crippen molar-refractivity contribution in [3.05, 3.63) is 130 Å². The minimum absolute atomic E-state index is 0.0696. The van der Waals surface area contributed by atoms with Crippen LogP contribution in [-0.4, -0.2) is 40.7 Å². The van der Waals surface area contributed by atoms with E-state index < -0.39 is 23.7 Å². The standard InChI is InChI=1S/C34H29NO6/c36-31-25-14-5-7-16-28(25)34(40,29-17-8-6-15-26(29)31)19-9-18-30(32(37)38)35-33(39)41-20-27-23-12-3-1-10-21(23)22-11-2-4-13-24(22)27/h1-8,10-17,27,30,40H,9,18-20H2,(H,35,39)(H,37,38)/t30-/m0/s1. The number of aliphatic carboxylic acids is 1. The Morgan fingerprint density at radius 2 is 1.27 bits per heavy atom. The van der Waals surface area contributed by atoms with Gasteiger partial charge < -0.3 is 20.3 Å². The number of hydrogen-bond acceptors (Lipinski definition) is 5. The van der Waals surface area contributed by atoms with Gasteiger partial charge in [0.15, 0.2) is 5.78 Å². The summed E-state index contributed by atoms with van der Waals surface area (Å²) in [4.78, 5) is 37.8. The summed E-state index contributed by atoms with van der Waals surface area (Å²) in [7, 11) is 0. The van der Waals surface area contributed by atoms with E-state index in [1.165, 1.54) is 0 Å². The molecule has 3 N–H and O–H groups in total. The van der Waals surface area contributed by atoms with E-state index >= 15 is 0 Å². The van der Waals surface area contributed by atoms with Gasteiger partial charge in [0, 0.05) is 17.0 Å². The molecule has 0 aromatic heterocycles. The lowest BCUT2D eigenvalue weighted by molar-refractivity contribution is -0.139. The summed E-state index contributed by atoms with van der Waals surface area (Å²) >= 11 is 0. The number of fused-ring (bicyclic) bond motifs is 5. The molecule has 41 heavy (non-hydrogen) atoms. The van der Waals surface area contributed by atoms with E-state index in [0.717, 1.165) is 22.3 Å².